The molecule has 0 saturated heterocycles. The van der Waals surface area contributed by atoms with Crippen LogP contribution in [0.5, 0.6) is 0 Å². The number of nitrogens with one attached hydrogen (secondary N) is 1. The number of carboxylic acids is 1. The van der Waals surface area contributed by atoms with E-state index >= 15 is 0 Å². The summed E-state index contributed by atoms with van der Waals surface area (Å²) in [5.74, 6) is -0.989. The molecule has 0 saturated carbocycles. The molecule has 2 N–H and O–H groups in total. The fraction of sp³-hybridized carbons (Fsp3) is 0.0667. The third kappa shape index (κ3) is 3.08. The molecule has 0 aromatic heterocycles. The van der Waals surface area contributed by atoms with E-state index < -0.39 is 12.0 Å². The van der Waals surface area contributed by atoms with Gasteiger partial charge >= 0.3 is 5.97 Å². The third-order valence-electron chi connectivity index (χ3n) is 2.78. The van der Waals surface area contributed by atoms with Gasteiger partial charge in [-0.25, -0.2) is 4.79 Å². The van der Waals surface area contributed by atoms with Gasteiger partial charge in [0.1, 0.15) is 6.07 Å². The maximum Gasteiger partial charge on any atom is 0.330 e. The molecule has 2 aromatic carbocycles. The average molecular weight is 287 g/mol. The van der Waals surface area contributed by atoms with Crippen LogP contribution in [0, 0.1) is 11.3 Å². The van der Waals surface area contributed by atoms with Gasteiger partial charge in [0.05, 0.1) is 10.6 Å². The van der Waals surface area contributed by atoms with E-state index in [2.05, 4.69) is 5.32 Å². The molecule has 5 heteroatoms. The summed E-state index contributed by atoms with van der Waals surface area (Å²) in [7, 11) is 0. The Bertz CT molecular complexity index is 665. The zero-order valence-corrected chi connectivity index (χ0v) is 11.1. The zero-order valence-electron chi connectivity index (χ0n) is 10.4. The van der Waals surface area contributed by atoms with E-state index in [4.69, 9.17) is 16.9 Å². The van der Waals surface area contributed by atoms with Crippen LogP contribution in [0.15, 0.2) is 48.5 Å². The number of aliphatic carboxylic acids is 1. The van der Waals surface area contributed by atoms with E-state index in [1.807, 2.05) is 12.1 Å². The first-order chi connectivity index (χ1) is 9.61. The van der Waals surface area contributed by atoms with Crippen LogP contribution < -0.4 is 5.32 Å². The van der Waals surface area contributed by atoms with Crippen LogP contribution in [-0.4, -0.2) is 11.1 Å². The van der Waals surface area contributed by atoms with Gasteiger partial charge in [-0.05, 0) is 23.8 Å². The van der Waals surface area contributed by atoms with Crippen molar-refractivity contribution in [2.24, 2.45) is 0 Å². The first-order valence-corrected chi connectivity index (χ1v) is 6.23. The van der Waals surface area contributed by atoms with Crippen LogP contribution in [-0.2, 0) is 4.79 Å². The fourth-order valence-corrected chi connectivity index (χ4v) is 2.02. The Hall–Kier alpha value is -2.51. The highest BCUT2D eigenvalue weighted by Gasteiger charge is 2.19. The molecular weight excluding hydrogens is 276 g/mol. The van der Waals surface area contributed by atoms with Crippen LogP contribution in [0.4, 0.5) is 5.69 Å². The summed E-state index contributed by atoms with van der Waals surface area (Å²) in [5, 5.41) is 21.3. The SMILES string of the molecule is N#Cc1ccc(NC(C(=O)O)c2ccccc2)cc1Cl. The first-order valence-electron chi connectivity index (χ1n) is 5.86. The lowest BCUT2D eigenvalue weighted by molar-refractivity contribution is -0.138. The minimum absolute atomic E-state index is 0.287. The van der Waals surface area contributed by atoms with E-state index in [1.54, 1.807) is 42.5 Å². The molecule has 2 aromatic rings. The molecule has 0 aliphatic carbocycles. The summed E-state index contributed by atoms with van der Waals surface area (Å²) in [4.78, 5) is 11.4. The topological polar surface area (TPSA) is 73.1 Å². The Kier molecular flexibility index (Phi) is 4.24. The highest BCUT2D eigenvalue weighted by atomic mass is 35.5. The van der Waals surface area contributed by atoms with Crippen molar-refractivity contribution in [1.82, 2.24) is 0 Å². The largest absolute Gasteiger partial charge is 0.479 e. The normalized spacial score (nSPS) is 11.4. The summed E-state index contributed by atoms with van der Waals surface area (Å²) in [6.07, 6.45) is 0. The molecule has 1 atom stereocenters. The quantitative estimate of drug-likeness (QED) is 0.903. The van der Waals surface area contributed by atoms with Gasteiger partial charge in [0.2, 0.25) is 0 Å². The zero-order chi connectivity index (χ0) is 14.5. The molecule has 0 heterocycles. The maximum absolute atomic E-state index is 11.4. The van der Waals surface area contributed by atoms with Crippen molar-refractivity contribution in [3.8, 4) is 6.07 Å². The van der Waals surface area contributed by atoms with Crippen LogP contribution >= 0.6 is 11.6 Å². The number of hydrogen-bond donors (Lipinski definition) is 2. The Labute approximate surface area is 121 Å². The molecule has 2 rings (SSSR count). The lowest BCUT2D eigenvalue weighted by atomic mass is 10.1. The molecule has 0 bridgehead atoms. The molecule has 100 valence electrons. The Morgan fingerprint density at radius 3 is 2.50 bits per heavy atom. The van der Waals surface area contributed by atoms with Gasteiger partial charge in [0.25, 0.3) is 0 Å². The minimum Gasteiger partial charge on any atom is -0.479 e. The maximum atomic E-state index is 11.4. The van der Waals surface area contributed by atoms with Crippen molar-refractivity contribution in [2.75, 3.05) is 5.32 Å². The number of rotatable bonds is 4. The van der Waals surface area contributed by atoms with Crippen LogP contribution in [0.2, 0.25) is 5.02 Å². The van der Waals surface area contributed by atoms with Crippen LogP contribution in [0.1, 0.15) is 17.2 Å². The lowest BCUT2D eigenvalue weighted by Crippen LogP contribution is -2.20. The van der Waals surface area contributed by atoms with Crippen molar-refractivity contribution < 1.29 is 9.90 Å². The molecule has 4 nitrogen and oxygen atoms in total. The van der Waals surface area contributed by atoms with E-state index in [0.29, 0.717) is 16.8 Å². The van der Waals surface area contributed by atoms with E-state index in [0.717, 1.165) is 0 Å². The minimum atomic E-state index is -0.989. The molecule has 1 unspecified atom stereocenters. The molecular formula is C15H11ClN2O2. The van der Waals surface area contributed by atoms with E-state index in [1.165, 1.54) is 0 Å². The Morgan fingerprint density at radius 2 is 1.95 bits per heavy atom. The molecule has 20 heavy (non-hydrogen) atoms. The second-order valence-corrected chi connectivity index (χ2v) is 4.54. The van der Waals surface area contributed by atoms with Gasteiger partial charge in [-0.1, -0.05) is 41.9 Å². The standard InChI is InChI=1S/C15H11ClN2O2/c16-13-8-12(7-6-11(13)9-17)18-14(15(19)20)10-4-2-1-3-5-10/h1-8,14,18H,(H,19,20). The fourth-order valence-electron chi connectivity index (χ4n) is 1.80. The van der Waals surface area contributed by atoms with Crippen molar-refractivity contribution >= 4 is 23.3 Å². The number of nitrogens with zero attached hydrogens (tertiary/aromatic N) is 1. The summed E-state index contributed by atoms with van der Waals surface area (Å²) < 4.78 is 0. The Morgan fingerprint density at radius 1 is 1.25 bits per heavy atom. The number of hydrogen-bond acceptors (Lipinski definition) is 3. The summed E-state index contributed by atoms with van der Waals surface area (Å²) in [6, 6.07) is 14.6. The average Bonchev–Trinajstić information content (AvgIpc) is 2.45. The van der Waals surface area contributed by atoms with Gasteiger partial charge in [-0.2, -0.15) is 5.26 Å². The predicted octanol–water partition coefficient (Wildman–Crippen LogP) is 3.45. The van der Waals surface area contributed by atoms with Gasteiger partial charge in [-0.3, -0.25) is 0 Å². The van der Waals surface area contributed by atoms with Crippen molar-refractivity contribution in [2.45, 2.75) is 6.04 Å². The molecule has 0 amide bonds. The molecule has 0 spiro atoms. The molecule has 0 aliphatic rings. The highest BCUT2D eigenvalue weighted by Crippen LogP contribution is 2.24. The summed E-state index contributed by atoms with van der Waals surface area (Å²) >= 11 is 5.93. The lowest BCUT2D eigenvalue weighted by Gasteiger charge is -2.16. The van der Waals surface area contributed by atoms with Crippen LogP contribution in [0.25, 0.3) is 0 Å². The second-order valence-electron chi connectivity index (χ2n) is 4.13. The third-order valence-corrected chi connectivity index (χ3v) is 3.09. The number of benzene rings is 2. The van der Waals surface area contributed by atoms with Crippen molar-refractivity contribution in [3.05, 3.63) is 64.7 Å². The molecule has 0 aliphatic heterocycles. The Balaban J connectivity index is 2.28. The van der Waals surface area contributed by atoms with Crippen molar-refractivity contribution in [1.29, 1.82) is 5.26 Å². The highest BCUT2D eigenvalue weighted by molar-refractivity contribution is 6.32. The number of carboxylic acid groups (broad SMARTS) is 1. The summed E-state index contributed by atoms with van der Waals surface area (Å²) in [6.45, 7) is 0. The number of nitriles is 1. The van der Waals surface area contributed by atoms with E-state index in [9.17, 15) is 9.90 Å². The first kappa shape index (κ1) is 13.9. The van der Waals surface area contributed by atoms with Crippen LogP contribution in [0.3, 0.4) is 0 Å². The van der Waals surface area contributed by atoms with Gasteiger partial charge < -0.3 is 10.4 Å². The monoisotopic (exact) mass is 286 g/mol. The number of anilines is 1. The van der Waals surface area contributed by atoms with E-state index in [-0.39, 0.29) is 5.02 Å². The molecule has 0 radical (unpaired) electrons. The van der Waals surface area contributed by atoms with Gasteiger partial charge in [-0.15, -0.1) is 0 Å². The number of halogens is 1. The van der Waals surface area contributed by atoms with Gasteiger partial charge in [0, 0.05) is 5.69 Å². The second kappa shape index (κ2) is 6.09. The predicted molar refractivity (Wildman–Crippen MR) is 76.6 cm³/mol. The van der Waals surface area contributed by atoms with Gasteiger partial charge in [0.15, 0.2) is 6.04 Å². The summed E-state index contributed by atoms with van der Waals surface area (Å²) in [5.41, 5.74) is 1.54. The number of carbonyl (C=O) groups is 1. The molecule has 0 fully saturated rings. The van der Waals surface area contributed by atoms with Crippen molar-refractivity contribution in [3.63, 3.8) is 0 Å². The smallest absolute Gasteiger partial charge is 0.330 e.